The van der Waals surface area contributed by atoms with E-state index in [0.717, 1.165) is 18.8 Å². The normalized spacial score (nSPS) is 25.8. The van der Waals surface area contributed by atoms with Crippen molar-refractivity contribution in [1.29, 1.82) is 0 Å². The Labute approximate surface area is 103 Å². The first-order chi connectivity index (χ1) is 8.27. The van der Waals surface area contributed by atoms with Crippen molar-refractivity contribution in [3.8, 4) is 5.75 Å². The molecule has 1 aliphatic heterocycles. The lowest BCUT2D eigenvalue weighted by molar-refractivity contribution is 0.0623. The second-order valence-corrected chi connectivity index (χ2v) is 4.61. The van der Waals surface area contributed by atoms with E-state index in [2.05, 4.69) is 18.3 Å². The summed E-state index contributed by atoms with van der Waals surface area (Å²) < 4.78 is 11.3. The zero-order valence-corrected chi connectivity index (χ0v) is 10.8. The van der Waals surface area contributed by atoms with E-state index in [-0.39, 0.29) is 12.1 Å². The van der Waals surface area contributed by atoms with Crippen LogP contribution in [0.2, 0.25) is 0 Å². The van der Waals surface area contributed by atoms with Crippen LogP contribution < -0.4 is 10.1 Å². The topological polar surface area (TPSA) is 30.5 Å². The summed E-state index contributed by atoms with van der Waals surface area (Å²) in [6, 6.07) is 8.34. The molecule has 0 aromatic heterocycles. The first kappa shape index (κ1) is 12.4. The summed E-state index contributed by atoms with van der Waals surface area (Å²) in [5.74, 6) is 1.51. The van der Waals surface area contributed by atoms with Crippen LogP contribution in [0.15, 0.2) is 24.3 Å². The molecule has 2 rings (SSSR count). The van der Waals surface area contributed by atoms with Gasteiger partial charge in [-0.05, 0) is 25.5 Å². The third-order valence-corrected chi connectivity index (χ3v) is 3.56. The Hall–Kier alpha value is -1.06. The van der Waals surface area contributed by atoms with Crippen LogP contribution >= 0.6 is 0 Å². The number of rotatable bonds is 4. The molecular formula is C14H21NO2. The van der Waals surface area contributed by atoms with Crippen LogP contribution in [0.25, 0.3) is 0 Å². The molecule has 17 heavy (non-hydrogen) atoms. The SMILES string of the molecule is CNC(c1ccccc1OC)C1OCCC1C. The number of likely N-dealkylation sites (N-methyl/N-ethyl adjacent to an activating group) is 1. The third-order valence-electron chi connectivity index (χ3n) is 3.56. The number of para-hydroxylation sites is 1. The Balaban J connectivity index is 2.28. The fraction of sp³-hybridized carbons (Fsp3) is 0.571. The fourth-order valence-electron chi connectivity index (χ4n) is 2.56. The highest BCUT2D eigenvalue weighted by Crippen LogP contribution is 2.34. The van der Waals surface area contributed by atoms with Gasteiger partial charge in [0.25, 0.3) is 0 Å². The van der Waals surface area contributed by atoms with Gasteiger partial charge in [-0.15, -0.1) is 0 Å². The number of hydrogen-bond acceptors (Lipinski definition) is 3. The maximum Gasteiger partial charge on any atom is 0.123 e. The Morgan fingerprint density at radius 3 is 2.76 bits per heavy atom. The first-order valence-electron chi connectivity index (χ1n) is 6.19. The molecule has 3 nitrogen and oxygen atoms in total. The van der Waals surface area contributed by atoms with E-state index in [1.54, 1.807) is 7.11 Å². The number of hydrogen-bond donors (Lipinski definition) is 1. The zero-order valence-electron chi connectivity index (χ0n) is 10.8. The van der Waals surface area contributed by atoms with Crippen LogP contribution in [-0.4, -0.2) is 26.9 Å². The van der Waals surface area contributed by atoms with Crippen molar-refractivity contribution < 1.29 is 9.47 Å². The summed E-state index contributed by atoms with van der Waals surface area (Å²) in [6.45, 7) is 3.11. The van der Waals surface area contributed by atoms with Crippen molar-refractivity contribution in [2.24, 2.45) is 5.92 Å². The van der Waals surface area contributed by atoms with E-state index in [1.165, 1.54) is 5.56 Å². The summed E-state index contributed by atoms with van der Waals surface area (Å²) in [5, 5.41) is 3.36. The van der Waals surface area contributed by atoms with Crippen LogP contribution in [0, 0.1) is 5.92 Å². The molecule has 1 heterocycles. The van der Waals surface area contributed by atoms with E-state index in [4.69, 9.17) is 9.47 Å². The third kappa shape index (κ3) is 2.45. The molecule has 0 saturated carbocycles. The zero-order chi connectivity index (χ0) is 12.3. The van der Waals surface area contributed by atoms with Crippen LogP contribution in [0.3, 0.4) is 0 Å². The minimum atomic E-state index is 0.198. The maximum absolute atomic E-state index is 5.85. The number of benzene rings is 1. The standard InChI is InChI=1S/C14H21NO2/c1-10-8-9-17-14(10)13(15-2)11-6-4-5-7-12(11)16-3/h4-7,10,13-15H,8-9H2,1-3H3. The predicted molar refractivity (Wildman–Crippen MR) is 68.3 cm³/mol. The molecule has 1 saturated heterocycles. The molecule has 3 unspecified atom stereocenters. The molecule has 0 amide bonds. The quantitative estimate of drug-likeness (QED) is 0.869. The van der Waals surface area contributed by atoms with Crippen molar-refractivity contribution in [3.63, 3.8) is 0 Å². The van der Waals surface area contributed by atoms with Gasteiger partial charge in [-0.25, -0.2) is 0 Å². The van der Waals surface area contributed by atoms with Crippen LogP contribution in [-0.2, 0) is 4.74 Å². The highest BCUT2D eigenvalue weighted by atomic mass is 16.5. The van der Waals surface area contributed by atoms with Crippen molar-refractivity contribution in [1.82, 2.24) is 5.32 Å². The van der Waals surface area contributed by atoms with Gasteiger partial charge in [0.1, 0.15) is 5.75 Å². The average Bonchev–Trinajstić information content (AvgIpc) is 2.78. The summed E-state index contributed by atoms with van der Waals surface area (Å²) >= 11 is 0. The van der Waals surface area contributed by atoms with Crippen molar-refractivity contribution in [2.75, 3.05) is 20.8 Å². The second kappa shape index (κ2) is 5.52. The Morgan fingerprint density at radius 2 is 2.18 bits per heavy atom. The molecule has 94 valence electrons. The smallest absolute Gasteiger partial charge is 0.123 e. The molecule has 3 heteroatoms. The van der Waals surface area contributed by atoms with Crippen molar-refractivity contribution in [3.05, 3.63) is 29.8 Å². The van der Waals surface area contributed by atoms with Crippen LogP contribution in [0.1, 0.15) is 24.9 Å². The highest BCUT2D eigenvalue weighted by Gasteiger charge is 2.33. The largest absolute Gasteiger partial charge is 0.496 e. The Bertz CT molecular complexity index is 367. The van der Waals surface area contributed by atoms with Crippen LogP contribution in [0.4, 0.5) is 0 Å². The minimum Gasteiger partial charge on any atom is -0.496 e. The van der Waals surface area contributed by atoms with Gasteiger partial charge in [0.15, 0.2) is 0 Å². The molecule has 3 atom stereocenters. The molecule has 0 aliphatic carbocycles. The van der Waals surface area contributed by atoms with Gasteiger partial charge in [0.05, 0.1) is 19.3 Å². The minimum absolute atomic E-state index is 0.198. The molecule has 0 spiro atoms. The van der Waals surface area contributed by atoms with Gasteiger partial charge in [-0.1, -0.05) is 25.1 Å². The summed E-state index contributed by atoms with van der Waals surface area (Å²) in [6.07, 6.45) is 1.37. The van der Waals surface area contributed by atoms with E-state index < -0.39 is 0 Å². The van der Waals surface area contributed by atoms with Gasteiger partial charge < -0.3 is 14.8 Å². The lowest BCUT2D eigenvalue weighted by Gasteiger charge is -2.27. The van der Waals surface area contributed by atoms with Crippen LogP contribution in [0.5, 0.6) is 5.75 Å². The molecule has 1 aromatic carbocycles. The maximum atomic E-state index is 5.85. The van der Waals surface area contributed by atoms with Gasteiger partial charge >= 0.3 is 0 Å². The summed E-state index contributed by atoms with van der Waals surface area (Å²) in [5.41, 5.74) is 1.18. The molecular weight excluding hydrogens is 214 g/mol. The number of methoxy groups -OCH3 is 1. The van der Waals surface area contributed by atoms with Crippen molar-refractivity contribution in [2.45, 2.75) is 25.5 Å². The number of ether oxygens (including phenoxy) is 2. The predicted octanol–water partition coefficient (Wildman–Crippen LogP) is 2.38. The fourth-order valence-corrected chi connectivity index (χ4v) is 2.56. The van der Waals surface area contributed by atoms with E-state index >= 15 is 0 Å². The van der Waals surface area contributed by atoms with E-state index in [0.29, 0.717) is 5.92 Å². The lowest BCUT2D eigenvalue weighted by atomic mass is 9.92. The molecule has 1 N–H and O–H groups in total. The first-order valence-corrected chi connectivity index (χ1v) is 6.19. The molecule has 1 aromatic rings. The van der Waals surface area contributed by atoms with Gasteiger partial charge in [-0.2, -0.15) is 0 Å². The average molecular weight is 235 g/mol. The summed E-state index contributed by atoms with van der Waals surface area (Å²) in [7, 11) is 3.69. The Kier molecular flexibility index (Phi) is 4.02. The monoisotopic (exact) mass is 235 g/mol. The number of nitrogens with one attached hydrogen (secondary N) is 1. The Morgan fingerprint density at radius 1 is 1.41 bits per heavy atom. The highest BCUT2D eigenvalue weighted by molar-refractivity contribution is 5.36. The van der Waals surface area contributed by atoms with Gasteiger partial charge in [0.2, 0.25) is 0 Å². The van der Waals surface area contributed by atoms with Gasteiger partial charge in [-0.3, -0.25) is 0 Å². The molecule has 0 bridgehead atoms. The molecule has 1 fully saturated rings. The molecule has 0 radical (unpaired) electrons. The van der Waals surface area contributed by atoms with E-state index in [1.807, 2.05) is 25.2 Å². The van der Waals surface area contributed by atoms with Crippen molar-refractivity contribution >= 4 is 0 Å². The molecule has 1 aliphatic rings. The second-order valence-electron chi connectivity index (χ2n) is 4.61. The summed E-state index contributed by atoms with van der Waals surface area (Å²) in [4.78, 5) is 0. The van der Waals surface area contributed by atoms with Gasteiger partial charge in [0, 0.05) is 12.2 Å². The van der Waals surface area contributed by atoms with E-state index in [9.17, 15) is 0 Å². The lowest BCUT2D eigenvalue weighted by Crippen LogP contribution is -2.32.